The normalized spacial score (nSPS) is 11.3. The second-order valence-electron chi connectivity index (χ2n) is 4.16. The van der Waals surface area contributed by atoms with Crippen LogP contribution < -0.4 is 0 Å². The van der Waals surface area contributed by atoms with Gasteiger partial charge in [0.2, 0.25) is 0 Å². The van der Waals surface area contributed by atoms with Crippen LogP contribution in [0.5, 0.6) is 0 Å². The summed E-state index contributed by atoms with van der Waals surface area (Å²) >= 11 is -2.70. The van der Waals surface area contributed by atoms with Crippen molar-refractivity contribution in [2.75, 3.05) is 0 Å². The average molecular weight is 445 g/mol. The van der Waals surface area contributed by atoms with Crippen LogP contribution in [0.1, 0.15) is 6.92 Å². The Morgan fingerprint density at radius 1 is 1.09 bits per heavy atom. The van der Waals surface area contributed by atoms with Crippen molar-refractivity contribution in [3.05, 3.63) is 68.3 Å². The number of nitro benzene ring substituents is 1. The van der Waals surface area contributed by atoms with Crippen LogP contribution in [0, 0.1) is 23.5 Å². The van der Waals surface area contributed by atoms with E-state index in [4.69, 9.17) is 2.51 Å². The molecule has 0 N–H and O–H groups in total. The summed E-state index contributed by atoms with van der Waals surface area (Å²) in [7, 11) is -4.03. The molecule has 23 heavy (non-hydrogen) atoms. The quantitative estimate of drug-likeness (QED) is 0.304. The fourth-order valence-electron chi connectivity index (χ4n) is 1.58. The summed E-state index contributed by atoms with van der Waals surface area (Å²) in [5.41, 5.74) is -0.185. The van der Waals surface area contributed by atoms with E-state index in [1.54, 1.807) is 31.2 Å². The molecule has 0 heterocycles. The van der Waals surface area contributed by atoms with Crippen LogP contribution in [0.3, 0.4) is 0 Å². The predicted octanol–water partition coefficient (Wildman–Crippen LogP) is 3.57. The number of benzene rings is 2. The summed E-state index contributed by atoms with van der Waals surface area (Å²) in [5, 5.41) is 10.6. The minimum atomic E-state index is -4.03. The molecule has 120 valence electrons. The third kappa shape index (κ3) is 4.51. The minimum absolute atomic E-state index is 0.126. The van der Waals surface area contributed by atoms with E-state index in [9.17, 15) is 18.5 Å². The molecular weight excluding hydrogens is 433 g/mol. The summed E-state index contributed by atoms with van der Waals surface area (Å²) in [4.78, 5) is 9.90. The van der Waals surface area contributed by atoms with Crippen molar-refractivity contribution >= 4 is 36.0 Å². The van der Waals surface area contributed by atoms with Gasteiger partial charge in [0, 0.05) is 0 Å². The molecule has 0 bridgehead atoms. The molecule has 2 rings (SSSR count). The van der Waals surface area contributed by atoms with E-state index in [1.165, 1.54) is 0 Å². The van der Waals surface area contributed by atoms with Crippen LogP contribution in [0.25, 0.3) is 0 Å². The number of nitro groups is 1. The van der Waals surface area contributed by atoms with Gasteiger partial charge in [0.1, 0.15) is 0 Å². The van der Waals surface area contributed by atoms with Crippen LogP contribution in [0.4, 0.5) is 5.69 Å². The first kappa shape index (κ1) is 17.4. The zero-order valence-corrected chi connectivity index (χ0v) is 14.9. The van der Waals surface area contributed by atoms with Gasteiger partial charge in [-0.2, -0.15) is 0 Å². The van der Waals surface area contributed by atoms with Crippen LogP contribution >= 0.6 is 20.2 Å². The molecule has 0 aromatic heterocycles. The molecule has 0 saturated heterocycles. The molecule has 0 amide bonds. The molecule has 0 unspecified atom stereocenters. The molecule has 0 radical (unpaired) electrons. The van der Waals surface area contributed by atoms with Gasteiger partial charge in [0.05, 0.1) is 0 Å². The maximum atomic E-state index is 12.4. The molecule has 0 aliphatic heterocycles. The van der Waals surface area contributed by atoms with E-state index in [-0.39, 0.29) is 10.6 Å². The van der Waals surface area contributed by atoms with Crippen LogP contribution in [0.2, 0.25) is 0 Å². The summed E-state index contributed by atoms with van der Waals surface area (Å²) in [6, 6.07) is 13.5. The Hall–Kier alpha value is -1.96. The molecule has 0 aliphatic carbocycles. The number of halogens is 1. The monoisotopic (exact) mass is 445 g/mol. The van der Waals surface area contributed by atoms with E-state index in [1.807, 2.05) is 6.07 Å². The van der Waals surface area contributed by atoms with E-state index >= 15 is 0 Å². The van der Waals surface area contributed by atoms with Gasteiger partial charge in [-0.15, -0.1) is 0 Å². The maximum absolute atomic E-state index is 12.4. The second kappa shape index (κ2) is 7.54. The van der Waals surface area contributed by atoms with Crippen molar-refractivity contribution in [1.82, 2.24) is 0 Å². The van der Waals surface area contributed by atoms with Crippen LogP contribution in [-0.4, -0.2) is 13.3 Å². The van der Waals surface area contributed by atoms with Gasteiger partial charge in [0.15, 0.2) is 0 Å². The predicted molar refractivity (Wildman–Crippen MR) is 94.0 cm³/mol. The van der Waals surface area contributed by atoms with Gasteiger partial charge < -0.3 is 0 Å². The Labute approximate surface area is 141 Å². The summed E-state index contributed by atoms with van der Waals surface area (Å²) in [6.07, 6.45) is 0. The molecule has 0 spiro atoms. The number of hydrogen-bond donors (Lipinski definition) is 0. The summed E-state index contributed by atoms with van der Waals surface area (Å²) in [5.74, 6) is 2.71. The third-order valence-corrected chi connectivity index (χ3v) is 9.11. The first-order chi connectivity index (χ1) is 10.9. The van der Waals surface area contributed by atoms with E-state index in [0.717, 1.165) is 27.8 Å². The number of non-ortho nitro benzene ring substituents is 1. The summed E-state index contributed by atoms with van der Waals surface area (Å²) < 4.78 is 33.7. The molecule has 2 aromatic carbocycles. The van der Waals surface area contributed by atoms with E-state index in [2.05, 4.69) is 9.85 Å². The molecule has 0 aliphatic rings. The molecule has 0 fully saturated rings. The van der Waals surface area contributed by atoms with Crippen molar-refractivity contribution in [1.29, 1.82) is 0 Å². The zero-order chi connectivity index (χ0) is 16.9. The van der Waals surface area contributed by atoms with E-state index < -0.39 is 35.3 Å². The Bertz CT molecular complexity index is 854. The van der Waals surface area contributed by atoms with Gasteiger partial charge in [-0.25, -0.2) is 0 Å². The molecule has 2 aromatic rings. The molecule has 0 saturated carbocycles. The first-order valence-corrected chi connectivity index (χ1v) is 10.8. The van der Waals surface area contributed by atoms with E-state index in [0.29, 0.717) is 0 Å². The molecule has 8 heteroatoms. The van der Waals surface area contributed by atoms with Crippen molar-refractivity contribution in [2.45, 2.75) is 11.8 Å². The Morgan fingerprint density at radius 3 is 2.22 bits per heavy atom. The van der Waals surface area contributed by atoms with Crippen LogP contribution in [0.15, 0.2) is 59.5 Å². The van der Waals surface area contributed by atoms with Crippen molar-refractivity contribution in [3.8, 4) is 9.85 Å². The number of nitrogens with zero attached hydrogens (tertiary/aromatic N) is 1. The van der Waals surface area contributed by atoms with Crippen molar-refractivity contribution in [3.63, 3.8) is 0 Å². The number of hydrogen-bond acceptors (Lipinski definition) is 5. The third-order valence-electron chi connectivity index (χ3n) is 2.59. The van der Waals surface area contributed by atoms with Gasteiger partial charge in [-0.05, 0) is 0 Å². The van der Waals surface area contributed by atoms with Gasteiger partial charge in [-0.1, -0.05) is 0 Å². The molecule has 6 nitrogen and oxygen atoms in total. The fraction of sp³-hybridized carbons (Fsp3) is 0.0667. The second-order valence-corrected chi connectivity index (χ2v) is 9.95. The number of rotatable bonds is 5. The SMILES string of the molecule is CC#CI(OS(=O)(=O)c1ccc([N+](=O)[O-])cc1)c1ccccc1. The first-order valence-electron chi connectivity index (χ1n) is 6.31. The average Bonchev–Trinajstić information content (AvgIpc) is 2.55. The van der Waals surface area contributed by atoms with Gasteiger partial charge in [-0.3, -0.25) is 0 Å². The fourth-order valence-corrected chi connectivity index (χ4v) is 7.19. The molecule has 0 atom stereocenters. The van der Waals surface area contributed by atoms with Gasteiger partial charge >= 0.3 is 142 Å². The van der Waals surface area contributed by atoms with Crippen molar-refractivity contribution < 1.29 is 15.9 Å². The Morgan fingerprint density at radius 2 is 1.70 bits per heavy atom. The van der Waals surface area contributed by atoms with Crippen molar-refractivity contribution in [2.24, 2.45) is 0 Å². The molecular formula is C15H12INO5S. The van der Waals surface area contributed by atoms with Gasteiger partial charge in [0.25, 0.3) is 0 Å². The zero-order valence-electron chi connectivity index (χ0n) is 12.0. The Kier molecular flexibility index (Phi) is 5.70. The summed E-state index contributed by atoms with van der Waals surface area (Å²) in [6.45, 7) is 1.62. The topological polar surface area (TPSA) is 86.5 Å². The Balaban J connectivity index is 2.30. The van der Waals surface area contributed by atoms with Crippen LogP contribution in [-0.2, 0) is 12.6 Å². The standard InChI is InChI=1S/C15H12INO5S/c1-2-12-16(13-6-4-3-5-7-13)22-23(20,21)15-10-8-14(9-11-15)17(18)19/h3-11H,1H3.